The van der Waals surface area contributed by atoms with Gasteiger partial charge in [-0.25, -0.2) is 0 Å². The number of nitrogens with one attached hydrogen (secondary N) is 1. The maximum absolute atomic E-state index is 5.47. The largest absolute Gasteiger partial charge is 0.371 e. The Labute approximate surface area is 46.9 Å². The van der Waals surface area contributed by atoms with E-state index in [1.165, 1.54) is 0 Å². The Kier molecular flexibility index (Phi) is 1.32. The summed E-state index contributed by atoms with van der Waals surface area (Å²) < 4.78 is 0. The maximum atomic E-state index is 5.47. The van der Waals surface area contributed by atoms with Crippen LogP contribution in [0.5, 0.6) is 0 Å². The predicted octanol–water partition coefficient (Wildman–Crippen LogP) is 0.698. The Morgan fingerprint density at radius 2 is 2.71 bits per heavy atom. The Hall–Kier alpha value is -0.500. The standard InChI is InChI=1S/C4H5ClN2/c5-4-1-6-3-7-2-4/h1-2,6H,3H2. The summed E-state index contributed by atoms with van der Waals surface area (Å²) in [6.45, 7) is 0.649. The molecule has 1 aliphatic heterocycles. The van der Waals surface area contributed by atoms with Crippen LogP contribution in [-0.4, -0.2) is 12.9 Å². The fraction of sp³-hybridized carbons (Fsp3) is 0.250. The smallest absolute Gasteiger partial charge is 0.107 e. The molecule has 1 heterocycles. The molecule has 0 aromatic carbocycles. The third-order valence-electron chi connectivity index (χ3n) is 0.637. The van der Waals surface area contributed by atoms with Crippen LogP contribution in [0.15, 0.2) is 16.2 Å². The van der Waals surface area contributed by atoms with E-state index in [1.807, 2.05) is 0 Å². The molecule has 0 fully saturated rings. The maximum Gasteiger partial charge on any atom is 0.107 e. The molecule has 7 heavy (non-hydrogen) atoms. The molecule has 0 spiro atoms. The fourth-order valence-electron chi connectivity index (χ4n) is 0.366. The van der Waals surface area contributed by atoms with Crippen molar-refractivity contribution in [1.29, 1.82) is 0 Å². The molecule has 38 valence electrons. The third-order valence-corrected chi connectivity index (χ3v) is 0.844. The van der Waals surface area contributed by atoms with E-state index in [1.54, 1.807) is 12.4 Å². The van der Waals surface area contributed by atoms with Crippen molar-refractivity contribution < 1.29 is 0 Å². The van der Waals surface area contributed by atoms with Crippen molar-refractivity contribution >= 4 is 17.8 Å². The highest BCUT2D eigenvalue weighted by molar-refractivity contribution is 6.39. The summed E-state index contributed by atoms with van der Waals surface area (Å²) in [4.78, 5) is 3.82. The lowest BCUT2D eigenvalue weighted by Crippen LogP contribution is -2.09. The van der Waals surface area contributed by atoms with E-state index in [0.29, 0.717) is 11.7 Å². The molecule has 0 saturated heterocycles. The third kappa shape index (κ3) is 1.20. The van der Waals surface area contributed by atoms with Crippen LogP contribution in [0.3, 0.4) is 0 Å². The van der Waals surface area contributed by atoms with Gasteiger partial charge in [0.25, 0.3) is 0 Å². The molecule has 0 aromatic heterocycles. The highest BCUT2D eigenvalue weighted by Gasteiger charge is 1.87. The first kappa shape index (κ1) is 4.65. The molecule has 0 atom stereocenters. The molecule has 2 nitrogen and oxygen atoms in total. The van der Waals surface area contributed by atoms with Crippen molar-refractivity contribution in [2.24, 2.45) is 4.99 Å². The lowest BCUT2D eigenvalue weighted by atomic mass is 10.6. The van der Waals surface area contributed by atoms with Crippen LogP contribution in [0.25, 0.3) is 0 Å². The summed E-state index contributed by atoms with van der Waals surface area (Å²) in [5.41, 5.74) is 0. The van der Waals surface area contributed by atoms with E-state index in [4.69, 9.17) is 11.6 Å². The molecule has 1 aliphatic rings. The lowest BCUT2D eigenvalue weighted by Gasteiger charge is -1.98. The highest BCUT2D eigenvalue weighted by atomic mass is 35.5. The van der Waals surface area contributed by atoms with Crippen molar-refractivity contribution in [1.82, 2.24) is 5.32 Å². The minimum atomic E-state index is 0.649. The van der Waals surface area contributed by atoms with E-state index in [2.05, 4.69) is 10.3 Å². The first-order valence-electron chi connectivity index (χ1n) is 1.98. The minimum Gasteiger partial charge on any atom is -0.371 e. The van der Waals surface area contributed by atoms with Crippen LogP contribution < -0.4 is 5.32 Å². The fourth-order valence-corrected chi connectivity index (χ4v) is 0.512. The normalized spacial score (nSPS) is 18.1. The van der Waals surface area contributed by atoms with E-state index >= 15 is 0 Å². The molecule has 1 N–H and O–H groups in total. The molecule has 0 aromatic rings. The van der Waals surface area contributed by atoms with Gasteiger partial charge in [-0.2, -0.15) is 0 Å². The van der Waals surface area contributed by atoms with Gasteiger partial charge in [0, 0.05) is 12.4 Å². The molecule has 0 amide bonds. The Morgan fingerprint density at radius 3 is 3.00 bits per heavy atom. The quantitative estimate of drug-likeness (QED) is 0.495. The van der Waals surface area contributed by atoms with E-state index in [-0.39, 0.29) is 0 Å². The minimum absolute atomic E-state index is 0.649. The number of hydrogen-bond donors (Lipinski definition) is 1. The summed E-state index contributed by atoms with van der Waals surface area (Å²) >= 11 is 5.47. The first-order valence-corrected chi connectivity index (χ1v) is 2.36. The molecule has 0 saturated carbocycles. The Morgan fingerprint density at radius 1 is 1.86 bits per heavy atom. The summed E-state index contributed by atoms with van der Waals surface area (Å²) in [7, 11) is 0. The highest BCUT2D eigenvalue weighted by Crippen LogP contribution is 1.96. The van der Waals surface area contributed by atoms with Gasteiger partial charge < -0.3 is 5.32 Å². The molecule has 0 aliphatic carbocycles. The molecule has 0 bridgehead atoms. The molecule has 0 radical (unpaired) electrons. The second-order valence-electron chi connectivity index (χ2n) is 1.20. The summed E-state index contributed by atoms with van der Waals surface area (Å²) in [5.74, 6) is 0. The zero-order valence-electron chi connectivity index (χ0n) is 3.69. The Balaban J connectivity index is 2.58. The monoisotopic (exact) mass is 116 g/mol. The van der Waals surface area contributed by atoms with Gasteiger partial charge in [-0.15, -0.1) is 0 Å². The van der Waals surface area contributed by atoms with Crippen molar-refractivity contribution in [3.8, 4) is 0 Å². The van der Waals surface area contributed by atoms with Gasteiger partial charge in [0.05, 0.1) is 5.03 Å². The van der Waals surface area contributed by atoms with Gasteiger partial charge >= 0.3 is 0 Å². The zero-order valence-corrected chi connectivity index (χ0v) is 4.44. The van der Waals surface area contributed by atoms with Crippen molar-refractivity contribution in [2.45, 2.75) is 0 Å². The number of rotatable bonds is 0. The van der Waals surface area contributed by atoms with E-state index < -0.39 is 0 Å². The summed E-state index contributed by atoms with van der Waals surface area (Å²) in [6, 6.07) is 0. The van der Waals surface area contributed by atoms with Crippen molar-refractivity contribution in [3.05, 3.63) is 11.2 Å². The number of allylic oxidation sites excluding steroid dienone is 1. The summed E-state index contributed by atoms with van der Waals surface area (Å²) in [5, 5.41) is 3.50. The topological polar surface area (TPSA) is 24.4 Å². The van der Waals surface area contributed by atoms with Gasteiger partial charge in [-0.3, -0.25) is 4.99 Å². The van der Waals surface area contributed by atoms with Gasteiger partial charge in [-0.1, -0.05) is 11.6 Å². The van der Waals surface area contributed by atoms with E-state index in [0.717, 1.165) is 0 Å². The first-order chi connectivity index (χ1) is 3.39. The predicted molar refractivity (Wildman–Crippen MR) is 30.4 cm³/mol. The second kappa shape index (κ2) is 1.98. The van der Waals surface area contributed by atoms with Crippen LogP contribution in [0.2, 0.25) is 0 Å². The van der Waals surface area contributed by atoms with Crippen LogP contribution in [0.1, 0.15) is 0 Å². The van der Waals surface area contributed by atoms with Crippen molar-refractivity contribution in [2.75, 3.05) is 6.67 Å². The molecular formula is C4H5ClN2. The van der Waals surface area contributed by atoms with Gasteiger partial charge in [0.2, 0.25) is 0 Å². The summed E-state index contributed by atoms with van der Waals surface area (Å²) in [6.07, 6.45) is 3.34. The number of nitrogens with zero attached hydrogens (tertiary/aromatic N) is 1. The van der Waals surface area contributed by atoms with Crippen LogP contribution in [0, 0.1) is 0 Å². The van der Waals surface area contributed by atoms with Crippen LogP contribution >= 0.6 is 11.6 Å². The average molecular weight is 117 g/mol. The van der Waals surface area contributed by atoms with E-state index in [9.17, 15) is 0 Å². The lowest BCUT2D eigenvalue weighted by molar-refractivity contribution is 0.877. The zero-order chi connectivity index (χ0) is 5.11. The van der Waals surface area contributed by atoms with Crippen molar-refractivity contribution in [3.63, 3.8) is 0 Å². The van der Waals surface area contributed by atoms with Crippen LogP contribution in [-0.2, 0) is 0 Å². The van der Waals surface area contributed by atoms with Crippen LogP contribution in [0.4, 0.5) is 0 Å². The molecule has 1 rings (SSSR count). The average Bonchev–Trinajstić information content (AvgIpc) is 1.69. The number of aliphatic imine (C=N–C) groups is 1. The molecular weight excluding hydrogens is 112 g/mol. The Bertz CT molecular complexity index is 117. The number of hydrogen-bond acceptors (Lipinski definition) is 2. The SMILES string of the molecule is ClC1=CNCN=C1. The number of halogens is 1. The van der Waals surface area contributed by atoms with Gasteiger partial charge in [0.1, 0.15) is 6.67 Å². The second-order valence-corrected chi connectivity index (χ2v) is 1.64. The molecule has 0 unspecified atom stereocenters. The van der Waals surface area contributed by atoms with Gasteiger partial charge in [-0.05, 0) is 0 Å². The molecule has 3 heteroatoms. The van der Waals surface area contributed by atoms with Gasteiger partial charge in [0.15, 0.2) is 0 Å².